The maximum Gasteiger partial charge on any atom is 0.250 e. The zero-order chi connectivity index (χ0) is 17.2. The van der Waals surface area contributed by atoms with Crippen LogP contribution in [-0.4, -0.2) is 29.5 Å². The number of carbonyl (C=O) groups excluding carboxylic acids is 2. The molecule has 0 radical (unpaired) electrons. The van der Waals surface area contributed by atoms with Gasteiger partial charge in [0.05, 0.1) is 17.7 Å². The first-order valence-corrected chi connectivity index (χ1v) is 9.08. The molecule has 0 spiro atoms. The molecule has 2 amide bonds. The maximum atomic E-state index is 11.7. The SMILES string of the molecule is O=C(CSCC(=O)Nc1ccccc1)N/N=C/c1ccc(Br)cc1. The van der Waals surface area contributed by atoms with Crippen molar-refractivity contribution < 1.29 is 9.59 Å². The first-order valence-electron chi connectivity index (χ1n) is 7.13. The summed E-state index contributed by atoms with van der Waals surface area (Å²) in [6.07, 6.45) is 1.57. The molecule has 0 saturated carbocycles. The van der Waals surface area contributed by atoms with Crippen LogP contribution in [0.5, 0.6) is 0 Å². The second kappa shape index (κ2) is 9.89. The van der Waals surface area contributed by atoms with Gasteiger partial charge in [-0.05, 0) is 29.8 Å². The molecule has 0 aliphatic rings. The van der Waals surface area contributed by atoms with Crippen LogP contribution in [0.2, 0.25) is 0 Å². The van der Waals surface area contributed by atoms with Gasteiger partial charge in [0.25, 0.3) is 0 Å². The minimum Gasteiger partial charge on any atom is -0.325 e. The van der Waals surface area contributed by atoms with Crippen molar-refractivity contribution in [2.24, 2.45) is 5.10 Å². The molecule has 0 aromatic heterocycles. The third kappa shape index (κ3) is 6.97. The van der Waals surface area contributed by atoms with Crippen molar-refractivity contribution in [3.05, 3.63) is 64.6 Å². The zero-order valence-corrected chi connectivity index (χ0v) is 15.1. The van der Waals surface area contributed by atoms with Crippen molar-refractivity contribution in [1.82, 2.24) is 5.43 Å². The average molecular weight is 406 g/mol. The van der Waals surface area contributed by atoms with Crippen molar-refractivity contribution >= 4 is 51.4 Å². The fourth-order valence-corrected chi connectivity index (χ4v) is 2.59. The zero-order valence-electron chi connectivity index (χ0n) is 12.7. The number of amides is 2. The Morgan fingerprint density at radius 1 is 1.00 bits per heavy atom. The van der Waals surface area contributed by atoms with Gasteiger partial charge in [-0.25, -0.2) is 5.43 Å². The highest BCUT2D eigenvalue weighted by Gasteiger charge is 2.05. The van der Waals surface area contributed by atoms with E-state index >= 15 is 0 Å². The molecule has 0 bridgehead atoms. The van der Waals surface area contributed by atoms with E-state index in [4.69, 9.17) is 0 Å². The molecule has 0 heterocycles. The summed E-state index contributed by atoms with van der Waals surface area (Å²) in [6.45, 7) is 0. The minimum atomic E-state index is -0.249. The predicted octanol–water partition coefficient (Wildman–Crippen LogP) is 3.27. The third-order valence-electron chi connectivity index (χ3n) is 2.80. The normalized spacial score (nSPS) is 10.5. The molecular weight excluding hydrogens is 390 g/mol. The van der Waals surface area contributed by atoms with Crippen LogP contribution in [0.3, 0.4) is 0 Å². The molecule has 5 nitrogen and oxygen atoms in total. The van der Waals surface area contributed by atoms with Crippen LogP contribution in [-0.2, 0) is 9.59 Å². The molecule has 0 aliphatic heterocycles. The van der Waals surface area contributed by atoms with Gasteiger partial charge < -0.3 is 5.32 Å². The lowest BCUT2D eigenvalue weighted by molar-refractivity contribution is -0.118. The summed E-state index contributed by atoms with van der Waals surface area (Å²) in [5.41, 5.74) is 4.06. The van der Waals surface area contributed by atoms with Crippen LogP contribution < -0.4 is 10.7 Å². The van der Waals surface area contributed by atoms with Gasteiger partial charge in [0.2, 0.25) is 11.8 Å². The second-order valence-electron chi connectivity index (χ2n) is 4.75. The van der Waals surface area contributed by atoms with Gasteiger partial charge in [-0.15, -0.1) is 11.8 Å². The van der Waals surface area contributed by atoms with Crippen LogP contribution in [0.15, 0.2) is 64.2 Å². The Kier molecular flexibility index (Phi) is 7.51. The standard InChI is InChI=1S/C17H16BrN3O2S/c18-14-8-6-13(7-9-14)10-19-21-17(23)12-24-11-16(22)20-15-4-2-1-3-5-15/h1-10H,11-12H2,(H,20,22)(H,21,23)/b19-10+. The van der Waals surface area contributed by atoms with Gasteiger partial charge >= 0.3 is 0 Å². The van der Waals surface area contributed by atoms with Crippen LogP contribution in [0.4, 0.5) is 5.69 Å². The third-order valence-corrected chi connectivity index (χ3v) is 4.26. The van der Waals surface area contributed by atoms with Crippen LogP contribution in [0, 0.1) is 0 Å². The summed E-state index contributed by atoms with van der Waals surface area (Å²) in [6, 6.07) is 16.7. The van der Waals surface area contributed by atoms with E-state index in [0.717, 1.165) is 15.7 Å². The molecular formula is C17H16BrN3O2S. The highest BCUT2D eigenvalue weighted by Crippen LogP contribution is 2.09. The van der Waals surface area contributed by atoms with Gasteiger partial charge in [-0.2, -0.15) is 5.10 Å². The average Bonchev–Trinajstić information content (AvgIpc) is 2.57. The van der Waals surface area contributed by atoms with Crippen molar-refractivity contribution in [3.8, 4) is 0 Å². The van der Waals surface area contributed by atoms with Gasteiger partial charge in [0, 0.05) is 10.2 Å². The van der Waals surface area contributed by atoms with E-state index in [-0.39, 0.29) is 23.3 Å². The smallest absolute Gasteiger partial charge is 0.250 e. The largest absolute Gasteiger partial charge is 0.325 e. The number of halogens is 1. The number of carbonyl (C=O) groups is 2. The highest BCUT2D eigenvalue weighted by atomic mass is 79.9. The summed E-state index contributed by atoms with van der Waals surface area (Å²) in [5, 5.41) is 6.64. The lowest BCUT2D eigenvalue weighted by atomic mass is 10.2. The van der Waals surface area contributed by atoms with E-state index in [1.165, 1.54) is 11.8 Å². The van der Waals surface area contributed by atoms with Crippen molar-refractivity contribution in [2.75, 3.05) is 16.8 Å². The molecule has 0 aliphatic carbocycles. The van der Waals surface area contributed by atoms with E-state index in [1.807, 2.05) is 54.6 Å². The molecule has 0 fully saturated rings. The molecule has 2 rings (SSSR count). The molecule has 0 unspecified atom stereocenters. The number of hydrogen-bond donors (Lipinski definition) is 2. The fraction of sp³-hybridized carbons (Fsp3) is 0.118. The Balaban J connectivity index is 1.64. The number of hydrogen-bond acceptors (Lipinski definition) is 4. The van der Waals surface area contributed by atoms with E-state index in [2.05, 4.69) is 31.8 Å². The molecule has 7 heteroatoms. The van der Waals surface area contributed by atoms with Crippen LogP contribution in [0.1, 0.15) is 5.56 Å². The topological polar surface area (TPSA) is 70.6 Å². The fourth-order valence-electron chi connectivity index (χ4n) is 1.71. The van der Waals surface area contributed by atoms with Gasteiger partial charge in [0.1, 0.15) is 0 Å². The van der Waals surface area contributed by atoms with Crippen molar-refractivity contribution in [1.29, 1.82) is 0 Å². The first kappa shape index (κ1) is 18.2. The van der Waals surface area contributed by atoms with Gasteiger partial charge in [-0.3, -0.25) is 9.59 Å². The second-order valence-corrected chi connectivity index (χ2v) is 6.65. The lowest BCUT2D eigenvalue weighted by Gasteiger charge is -2.04. The molecule has 124 valence electrons. The quantitative estimate of drug-likeness (QED) is 0.548. The van der Waals surface area contributed by atoms with Gasteiger partial charge in [0.15, 0.2) is 0 Å². The van der Waals surface area contributed by atoms with E-state index < -0.39 is 0 Å². The highest BCUT2D eigenvalue weighted by molar-refractivity contribution is 9.10. The number of nitrogens with zero attached hydrogens (tertiary/aromatic N) is 1. The summed E-state index contributed by atoms with van der Waals surface area (Å²) in [7, 11) is 0. The lowest BCUT2D eigenvalue weighted by Crippen LogP contribution is -2.21. The Morgan fingerprint density at radius 2 is 1.67 bits per heavy atom. The number of benzene rings is 2. The Bertz CT molecular complexity index is 706. The Labute approximate surface area is 153 Å². The number of nitrogens with one attached hydrogen (secondary N) is 2. The minimum absolute atomic E-state index is 0.141. The molecule has 2 aromatic rings. The first-order chi connectivity index (χ1) is 11.6. The van der Waals surface area contributed by atoms with Crippen LogP contribution >= 0.6 is 27.7 Å². The molecule has 24 heavy (non-hydrogen) atoms. The molecule has 2 N–H and O–H groups in total. The predicted molar refractivity (Wildman–Crippen MR) is 102 cm³/mol. The van der Waals surface area contributed by atoms with Crippen molar-refractivity contribution in [2.45, 2.75) is 0 Å². The molecule has 2 aromatic carbocycles. The van der Waals surface area contributed by atoms with E-state index in [9.17, 15) is 9.59 Å². The summed E-state index contributed by atoms with van der Waals surface area (Å²) < 4.78 is 0.980. The maximum absolute atomic E-state index is 11.7. The van der Waals surface area contributed by atoms with E-state index in [1.54, 1.807) is 6.21 Å². The number of anilines is 1. The number of para-hydroxylation sites is 1. The summed E-state index contributed by atoms with van der Waals surface area (Å²) in [4.78, 5) is 23.4. The summed E-state index contributed by atoms with van der Waals surface area (Å²) in [5.74, 6) is -0.0169. The van der Waals surface area contributed by atoms with E-state index in [0.29, 0.717) is 0 Å². The Morgan fingerprint density at radius 3 is 2.38 bits per heavy atom. The molecule has 0 atom stereocenters. The summed E-state index contributed by atoms with van der Waals surface area (Å²) >= 11 is 4.58. The van der Waals surface area contributed by atoms with Gasteiger partial charge in [-0.1, -0.05) is 46.3 Å². The Hall–Kier alpha value is -2.12. The number of hydrazone groups is 1. The monoisotopic (exact) mass is 405 g/mol. The molecule has 0 saturated heterocycles. The number of rotatable bonds is 7. The van der Waals surface area contributed by atoms with Crippen LogP contribution in [0.25, 0.3) is 0 Å². The number of thioether (sulfide) groups is 1. The van der Waals surface area contributed by atoms with Crippen molar-refractivity contribution in [3.63, 3.8) is 0 Å².